The molecule has 0 amide bonds. The Kier molecular flexibility index (Phi) is 6.05. The lowest BCUT2D eigenvalue weighted by Crippen LogP contribution is -2.52. The highest BCUT2D eigenvalue weighted by Crippen LogP contribution is 2.41. The molecule has 0 unspecified atom stereocenters. The van der Waals surface area contributed by atoms with Gasteiger partial charge in [-0.05, 0) is 60.3 Å². The van der Waals surface area contributed by atoms with Crippen LogP contribution in [0.5, 0.6) is 0 Å². The van der Waals surface area contributed by atoms with Crippen molar-refractivity contribution in [1.82, 2.24) is 24.4 Å². The molecular weight excluding hydrogens is 418 g/mol. The molecule has 0 aromatic carbocycles. The Balaban J connectivity index is 1.34. The summed E-state index contributed by atoms with van der Waals surface area (Å²) in [5.74, 6) is 0.0952. The lowest BCUT2D eigenvalue weighted by molar-refractivity contribution is -0.191. The van der Waals surface area contributed by atoms with Crippen molar-refractivity contribution < 1.29 is 14.2 Å². The first-order chi connectivity index (χ1) is 15.8. The second kappa shape index (κ2) is 8.73. The van der Waals surface area contributed by atoms with Gasteiger partial charge in [-0.25, -0.2) is 15.0 Å². The van der Waals surface area contributed by atoms with Gasteiger partial charge in [0.1, 0.15) is 30.2 Å². The SMILES string of the molecule is C/C=C/C1CC(N(C[C@H]2O[C@@H](Cn3cnc4c(C)ncnc43)[C@@H]3OC(C)(C)O[C@@H]32)C(C)C)C1. The molecule has 5 rings (SSSR count). The molecule has 2 aromatic rings. The van der Waals surface area contributed by atoms with E-state index in [1.807, 2.05) is 27.1 Å². The van der Waals surface area contributed by atoms with Crippen LogP contribution in [0.4, 0.5) is 0 Å². The first kappa shape index (κ1) is 22.9. The summed E-state index contributed by atoms with van der Waals surface area (Å²) in [6, 6.07) is 1.05. The van der Waals surface area contributed by atoms with Gasteiger partial charge >= 0.3 is 0 Å². The van der Waals surface area contributed by atoms with Gasteiger partial charge in [0.15, 0.2) is 11.4 Å². The van der Waals surface area contributed by atoms with Crippen LogP contribution in [-0.2, 0) is 20.8 Å². The Morgan fingerprint density at radius 1 is 1.15 bits per heavy atom. The highest BCUT2D eigenvalue weighted by atomic mass is 16.8. The van der Waals surface area contributed by atoms with Crippen LogP contribution in [0.2, 0.25) is 0 Å². The van der Waals surface area contributed by atoms with Gasteiger partial charge < -0.3 is 18.8 Å². The van der Waals surface area contributed by atoms with Gasteiger partial charge in [0.25, 0.3) is 0 Å². The van der Waals surface area contributed by atoms with E-state index in [1.54, 1.807) is 6.33 Å². The van der Waals surface area contributed by atoms with Crippen LogP contribution in [0, 0.1) is 12.8 Å². The summed E-state index contributed by atoms with van der Waals surface area (Å²) in [4.78, 5) is 15.8. The molecule has 8 nitrogen and oxygen atoms in total. The molecular formula is C25H37N5O3. The van der Waals surface area contributed by atoms with Crippen molar-refractivity contribution >= 4 is 11.2 Å². The van der Waals surface area contributed by atoms with Crippen LogP contribution < -0.4 is 0 Å². The van der Waals surface area contributed by atoms with Crippen molar-refractivity contribution in [2.24, 2.45) is 5.92 Å². The number of hydrogen-bond donors (Lipinski definition) is 0. The first-order valence-electron chi connectivity index (χ1n) is 12.3. The van der Waals surface area contributed by atoms with Gasteiger partial charge in [-0.2, -0.15) is 0 Å². The van der Waals surface area contributed by atoms with E-state index in [-0.39, 0.29) is 24.4 Å². The van der Waals surface area contributed by atoms with Crippen molar-refractivity contribution in [2.75, 3.05) is 6.54 Å². The number of aromatic nitrogens is 4. The fraction of sp³-hybridized carbons (Fsp3) is 0.720. The topological polar surface area (TPSA) is 74.5 Å². The molecule has 1 saturated carbocycles. The number of fused-ring (bicyclic) bond motifs is 2. The molecule has 0 bridgehead atoms. The number of rotatable bonds is 7. The van der Waals surface area contributed by atoms with Crippen LogP contribution in [0.3, 0.4) is 0 Å². The Morgan fingerprint density at radius 2 is 1.88 bits per heavy atom. The van der Waals surface area contributed by atoms with Crippen molar-refractivity contribution in [1.29, 1.82) is 0 Å². The zero-order chi connectivity index (χ0) is 23.3. The molecule has 180 valence electrons. The molecule has 3 fully saturated rings. The van der Waals surface area contributed by atoms with E-state index in [4.69, 9.17) is 14.2 Å². The first-order valence-corrected chi connectivity index (χ1v) is 12.3. The summed E-state index contributed by atoms with van der Waals surface area (Å²) < 4.78 is 21.4. The van der Waals surface area contributed by atoms with E-state index in [1.165, 1.54) is 12.8 Å². The molecule has 2 aromatic heterocycles. The number of allylic oxidation sites excluding steroid dienone is 2. The molecule has 2 aliphatic heterocycles. The minimum Gasteiger partial charge on any atom is -0.366 e. The van der Waals surface area contributed by atoms with Gasteiger partial charge in [0.05, 0.1) is 24.7 Å². The number of hydrogen-bond acceptors (Lipinski definition) is 7. The highest BCUT2D eigenvalue weighted by Gasteiger charge is 2.55. The maximum absolute atomic E-state index is 6.65. The van der Waals surface area contributed by atoms with E-state index < -0.39 is 5.79 Å². The van der Waals surface area contributed by atoms with Crippen LogP contribution >= 0.6 is 0 Å². The predicted octanol–water partition coefficient (Wildman–Crippen LogP) is 3.49. The molecule has 3 aliphatic rings. The van der Waals surface area contributed by atoms with E-state index in [2.05, 4.69) is 57.3 Å². The third kappa shape index (κ3) is 4.34. The summed E-state index contributed by atoms with van der Waals surface area (Å²) in [5.41, 5.74) is 2.55. The van der Waals surface area contributed by atoms with E-state index in [0.29, 0.717) is 24.5 Å². The predicted molar refractivity (Wildman–Crippen MR) is 126 cm³/mol. The summed E-state index contributed by atoms with van der Waals surface area (Å²) in [6.45, 7) is 14.1. The molecule has 33 heavy (non-hydrogen) atoms. The summed E-state index contributed by atoms with van der Waals surface area (Å²) >= 11 is 0. The van der Waals surface area contributed by atoms with Crippen LogP contribution in [0.15, 0.2) is 24.8 Å². The van der Waals surface area contributed by atoms with Crippen molar-refractivity contribution in [3.8, 4) is 0 Å². The van der Waals surface area contributed by atoms with Crippen molar-refractivity contribution in [2.45, 2.75) is 103 Å². The molecule has 0 radical (unpaired) electrons. The molecule has 2 saturated heterocycles. The third-order valence-corrected chi connectivity index (χ3v) is 7.34. The van der Waals surface area contributed by atoms with Crippen LogP contribution in [-0.4, -0.2) is 73.3 Å². The molecule has 4 atom stereocenters. The molecule has 0 N–H and O–H groups in total. The minimum atomic E-state index is -0.610. The Morgan fingerprint density at radius 3 is 2.58 bits per heavy atom. The van der Waals surface area contributed by atoms with Crippen LogP contribution in [0.25, 0.3) is 11.2 Å². The van der Waals surface area contributed by atoms with Crippen LogP contribution in [0.1, 0.15) is 53.2 Å². The van der Waals surface area contributed by atoms with Gasteiger partial charge in [0.2, 0.25) is 0 Å². The normalized spacial score (nSPS) is 33.5. The Bertz CT molecular complexity index is 1010. The molecule has 0 spiro atoms. The number of nitrogens with zero attached hydrogens (tertiary/aromatic N) is 5. The Hall–Kier alpha value is -1.87. The van der Waals surface area contributed by atoms with E-state index in [0.717, 1.165) is 23.4 Å². The van der Waals surface area contributed by atoms with Gasteiger partial charge in [-0.1, -0.05) is 12.2 Å². The fourth-order valence-electron chi connectivity index (χ4n) is 5.71. The second-order valence-corrected chi connectivity index (χ2v) is 10.5. The lowest BCUT2D eigenvalue weighted by Gasteiger charge is -2.45. The standard InChI is InChI=1S/C25H37N5O3/c1-7-8-17-9-18(10-17)30(15(2)3)12-20-23-22(32-25(5,6)33-23)19(31-20)11-29-14-28-21-16(4)26-13-27-24(21)29/h7-8,13-15,17-20,22-23H,9-12H2,1-6H3/b8-7+/t17?,18?,19-,20+,22-,23+/m0/s1. The van der Waals surface area contributed by atoms with E-state index in [9.17, 15) is 0 Å². The monoisotopic (exact) mass is 455 g/mol. The molecule has 1 aliphatic carbocycles. The second-order valence-electron chi connectivity index (χ2n) is 10.5. The fourth-order valence-corrected chi connectivity index (χ4v) is 5.71. The zero-order valence-corrected chi connectivity index (χ0v) is 20.6. The minimum absolute atomic E-state index is 0.0314. The highest BCUT2D eigenvalue weighted by molar-refractivity contribution is 5.72. The smallest absolute Gasteiger partial charge is 0.164 e. The number of ether oxygens (including phenoxy) is 3. The number of aryl methyl sites for hydroxylation is 1. The lowest BCUT2D eigenvalue weighted by atomic mass is 9.78. The third-order valence-electron chi connectivity index (χ3n) is 7.34. The van der Waals surface area contributed by atoms with E-state index >= 15 is 0 Å². The Labute approximate surface area is 196 Å². The molecule has 4 heterocycles. The maximum Gasteiger partial charge on any atom is 0.164 e. The summed E-state index contributed by atoms with van der Waals surface area (Å²) in [7, 11) is 0. The van der Waals surface area contributed by atoms with Gasteiger partial charge in [-0.3, -0.25) is 4.90 Å². The largest absolute Gasteiger partial charge is 0.366 e. The average molecular weight is 456 g/mol. The number of imidazole rings is 1. The van der Waals surface area contributed by atoms with Gasteiger partial charge in [-0.15, -0.1) is 0 Å². The average Bonchev–Trinajstić information content (AvgIpc) is 3.36. The summed E-state index contributed by atoms with van der Waals surface area (Å²) in [5, 5.41) is 0. The quantitative estimate of drug-likeness (QED) is 0.592. The maximum atomic E-state index is 6.65. The van der Waals surface area contributed by atoms with Gasteiger partial charge in [0, 0.05) is 18.6 Å². The van der Waals surface area contributed by atoms with Crippen molar-refractivity contribution in [3.63, 3.8) is 0 Å². The zero-order valence-electron chi connectivity index (χ0n) is 20.6. The molecule has 8 heteroatoms. The summed E-state index contributed by atoms with van der Waals surface area (Å²) in [6.07, 6.45) is 10.0. The van der Waals surface area contributed by atoms with Crippen molar-refractivity contribution in [3.05, 3.63) is 30.5 Å².